The zero-order chi connectivity index (χ0) is 14.2. The van der Waals surface area contributed by atoms with Gasteiger partial charge >= 0.3 is 0 Å². The summed E-state index contributed by atoms with van der Waals surface area (Å²) < 4.78 is 5.48. The maximum atomic E-state index is 11.4. The fourth-order valence-corrected chi connectivity index (χ4v) is 1.68. The molecule has 2 aromatic rings. The molecule has 0 aliphatic heterocycles. The summed E-state index contributed by atoms with van der Waals surface area (Å²) in [6.07, 6.45) is 1.63. The average Bonchev–Trinajstić information content (AvgIpc) is 2.74. The van der Waals surface area contributed by atoms with Crippen molar-refractivity contribution in [3.63, 3.8) is 0 Å². The van der Waals surface area contributed by atoms with Crippen LogP contribution in [0.15, 0.2) is 22.7 Å². The fourth-order valence-electron chi connectivity index (χ4n) is 1.68. The topological polar surface area (TPSA) is 82.0 Å². The van der Waals surface area contributed by atoms with Gasteiger partial charge in [-0.15, -0.1) is 0 Å². The van der Waals surface area contributed by atoms with Crippen LogP contribution in [0.2, 0.25) is 0 Å². The van der Waals surface area contributed by atoms with Gasteiger partial charge in [0.05, 0.1) is 6.20 Å². The van der Waals surface area contributed by atoms with Gasteiger partial charge in [0.2, 0.25) is 0 Å². The molecule has 0 aromatic carbocycles. The van der Waals surface area contributed by atoms with Crippen LogP contribution >= 0.6 is 0 Å². The van der Waals surface area contributed by atoms with Crippen LogP contribution in [0.25, 0.3) is 11.3 Å². The summed E-state index contributed by atoms with van der Waals surface area (Å²) in [5.41, 5.74) is 6.92. The molecule has 0 radical (unpaired) electrons. The molecule has 2 rings (SSSR count). The highest BCUT2D eigenvalue weighted by molar-refractivity contribution is 5.92. The zero-order valence-corrected chi connectivity index (χ0v) is 11.5. The van der Waals surface area contributed by atoms with Crippen molar-refractivity contribution in [3.05, 3.63) is 35.6 Å². The SMILES string of the molecule is Cc1ncc(-c2cc(C(N)=O)nc(C(C)(C)C)c2)o1. The van der Waals surface area contributed by atoms with Gasteiger partial charge in [0, 0.05) is 23.6 Å². The molecule has 5 heteroatoms. The van der Waals surface area contributed by atoms with Crippen LogP contribution in [0.4, 0.5) is 0 Å². The van der Waals surface area contributed by atoms with E-state index in [4.69, 9.17) is 10.2 Å². The largest absolute Gasteiger partial charge is 0.441 e. The highest BCUT2D eigenvalue weighted by atomic mass is 16.4. The minimum absolute atomic E-state index is 0.185. The molecule has 0 bridgehead atoms. The number of primary amides is 1. The van der Waals surface area contributed by atoms with E-state index in [1.165, 1.54) is 0 Å². The van der Waals surface area contributed by atoms with Crippen molar-refractivity contribution in [1.29, 1.82) is 0 Å². The Morgan fingerprint density at radius 2 is 2.00 bits per heavy atom. The first kappa shape index (κ1) is 13.3. The second kappa shape index (κ2) is 4.50. The highest BCUT2D eigenvalue weighted by Gasteiger charge is 2.20. The van der Waals surface area contributed by atoms with Crippen molar-refractivity contribution in [1.82, 2.24) is 9.97 Å². The van der Waals surface area contributed by atoms with Gasteiger partial charge in [-0.3, -0.25) is 4.79 Å². The molecule has 2 N–H and O–H groups in total. The van der Waals surface area contributed by atoms with Crippen molar-refractivity contribution >= 4 is 5.91 Å². The van der Waals surface area contributed by atoms with Crippen molar-refractivity contribution in [2.75, 3.05) is 0 Å². The highest BCUT2D eigenvalue weighted by Crippen LogP contribution is 2.27. The Labute approximate surface area is 111 Å². The first-order chi connectivity index (χ1) is 8.77. The van der Waals surface area contributed by atoms with E-state index in [2.05, 4.69) is 9.97 Å². The van der Waals surface area contributed by atoms with Crippen LogP contribution in [-0.2, 0) is 5.41 Å². The molecule has 0 aliphatic rings. The lowest BCUT2D eigenvalue weighted by Crippen LogP contribution is -2.19. The number of aryl methyl sites for hydroxylation is 1. The molecular weight excluding hydrogens is 242 g/mol. The first-order valence-electron chi connectivity index (χ1n) is 6.02. The van der Waals surface area contributed by atoms with E-state index >= 15 is 0 Å². The van der Waals surface area contributed by atoms with Gasteiger partial charge < -0.3 is 10.2 Å². The third kappa shape index (κ3) is 2.81. The molecule has 0 aliphatic carbocycles. The Morgan fingerprint density at radius 3 is 2.47 bits per heavy atom. The Balaban J connectivity index is 2.61. The molecule has 100 valence electrons. The van der Waals surface area contributed by atoms with Crippen molar-refractivity contribution in [2.45, 2.75) is 33.1 Å². The monoisotopic (exact) mass is 259 g/mol. The van der Waals surface area contributed by atoms with E-state index in [0.717, 1.165) is 11.3 Å². The number of nitrogens with two attached hydrogens (primary N) is 1. The van der Waals surface area contributed by atoms with E-state index in [-0.39, 0.29) is 11.1 Å². The van der Waals surface area contributed by atoms with Crippen LogP contribution in [0.5, 0.6) is 0 Å². The van der Waals surface area contributed by atoms with Gasteiger partial charge in [-0.25, -0.2) is 9.97 Å². The molecule has 19 heavy (non-hydrogen) atoms. The summed E-state index contributed by atoms with van der Waals surface area (Å²) in [5.74, 6) is 0.626. The number of hydrogen-bond acceptors (Lipinski definition) is 4. The normalized spacial score (nSPS) is 11.6. The maximum absolute atomic E-state index is 11.4. The number of rotatable bonds is 2. The van der Waals surface area contributed by atoms with Gasteiger partial charge in [-0.1, -0.05) is 20.8 Å². The molecule has 0 spiro atoms. The molecule has 0 saturated heterocycles. The minimum atomic E-state index is -0.552. The summed E-state index contributed by atoms with van der Waals surface area (Å²) in [6, 6.07) is 3.52. The lowest BCUT2D eigenvalue weighted by molar-refractivity contribution is 0.0995. The van der Waals surface area contributed by atoms with Gasteiger partial charge in [0.25, 0.3) is 5.91 Å². The first-order valence-corrected chi connectivity index (χ1v) is 6.02. The Kier molecular flexibility index (Phi) is 3.14. The van der Waals surface area contributed by atoms with E-state index < -0.39 is 5.91 Å². The number of oxazole rings is 1. The number of hydrogen-bond donors (Lipinski definition) is 1. The summed E-state index contributed by atoms with van der Waals surface area (Å²) in [5, 5.41) is 0. The van der Waals surface area contributed by atoms with Crippen LogP contribution in [0.3, 0.4) is 0 Å². The summed E-state index contributed by atoms with van der Waals surface area (Å²) in [7, 11) is 0. The quantitative estimate of drug-likeness (QED) is 0.898. The van der Waals surface area contributed by atoms with Crippen LogP contribution in [0.1, 0.15) is 42.8 Å². The van der Waals surface area contributed by atoms with Crippen LogP contribution < -0.4 is 5.73 Å². The smallest absolute Gasteiger partial charge is 0.267 e. The van der Waals surface area contributed by atoms with E-state index in [1.54, 1.807) is 19.2 Å². The number of carbonyl (C=O) groups excluding carboxylic acids is 1. The van der Waals surface area contributed by atoms with E-state index in [1.807, 2.05) is 26.8 Å². The minimum Gasteiger partial charge on any atom is -0.441 e. The van der Waals surface area contributed by atoms with Crippen molar-refractivity contribution in [2.24, 2.45) is 5.73 Å². The van der Waals surface area contributed by atoms with E-state index in [9.17, 15) is 4.79 Å². The number of amides is 1. The molecule has 0 saturated carbocycles. The molecular formula is C14H17N3O2. The second-order valence-electron chi connectivity index (χ2n) is 5.48. The Hall–Kier alpha value is -2.17. The fraction of sp³-hybridized carbons (Fsp3) is 0.357. The van der Waals surface area contributed by atoms with Crippen molar-refractivity contribution in [3.8, 4) is 11.3 Å². The van der Waals surface area contributed by atoms with Crippen molar-refractivity contribution < 1.29 is 9.21 Å². The molecule has 0 unspecified atom stereocenters. The third-order valence-corrected chi connectivity index (χ3v) is 2.75. The lowest BCUT2D eigenvalue weighted by Gasteiger charge is -2.19. The number of nitrogens with zero attached hydrogens (tertiary/aromatic N) is 2. The van der Waals surface area contributed by atoms with Crippen LogP contribution in [0, 0.1) is 6.92 Å². The Bertz CT molecular complexity index is 624. The zero-order valence-electron chi connectivity index (χ0n) is 11.5. The molecule has 2 aromatic heterocycles. The van der Waals surface area contributed by atoms with E-state index in [0.29, 0.717) is 11.7 Å². The Morgan fingerprint density at radius 1 is 1.32 bits per heavy atom. The molecule has 0 fully saturated rings. The number of aromatic nitrogens is 2. The second-order valence-corrected chi connectivity index (χ2v) is 5.48. The summed E-state index contributed by atoms with van der Waals surface area (Å²) in [4.78, 5) is 19.7. The maximum Gasteiger partial charge on any atom is 0.267 e. The van der Waals surface area contributed by atoms with Gasteiger partial charge in [0.15, 0.2) is 11.7 Å². The molecule has 1 amide bonds. The van der Waals surface area contributed by atoms with Gasteiger partial charge in [-0.05, 0) is 12.1 Å². The lowest BCUT2D eigenvalue weighted by atomic mass is 9.90. The predicted molar refractivity (Wildman–Crippen MR) is 71.7 cm³/mol. The molecule has 2 heterocycles. The number of pyridine rings is 1. The molecule has 0 atom stereocenters. The van der Waals surface area contributed by atoms with Crippen LogP contribution in [-0.4, -0.2) is 15.9 Å². The standard InChI is InChI=1S/C14H17N3O2/c1-8-16-7-11(19-8)9-5-10(13(15)18)17-12(6-9)14(2,3)4/h5-7H,1-4H3,(H2,15,18). The summed E-state index contributed by atoms with van der Waals surface area (Å²) >= 11 is 0. The molecule has 5 nitrogen and oxygen atoms in total. The average molecular weight is 259 g/mol. The third-order valence-electron chi connectivity index (χ3n) is 2.75. The summed E-state index contributed by atoms with van der Waals surface area (Å²) in [6.45, 7) is 7.84. The number of carbonyl (C=O) groups is 1. The van der Waals surface area contributed by atoms with Gasteiger partial charge in [0.1, 0.15) is 5.69 Å². The van der Waals surface area contributed by atoms with Gasteiger partial charge in [-0.2, -0.15) is 0 Å². The predicted octanol–water partition coefficient (Wildman–Crippen LogP) is 2.44.